The predicted octanol–water partition coefficient (Wildman–Crippen LogP) is 2.17. The Morgan fingerprint density at radius 1 is 1.33 bits per heavy atom. The number of aliphatic hydroxyl groups excluding tert-OH is 1. The van der Waals surface area contributed by atoms with Crippen LogP contribution in [0.15, 0.2) is 30.3 Å². The number of likely N-dealkylation sites (tertiary alicyclic amines) is 1. The summed E-state index contributed by atoms with van der Waals surface area (Å²) in [6.45, 7) is 4.97. The molecule has 0 saturated carbocycles. The SMILES string of the molecule is CC1CC(C#N)C(O)C(C)N1Cc1ccccc1. The number of nitriles is 1. The third-order valence-corrected chi connectivity index (χ3v) is 3.96. The summed E-state index contributed by atoms with van der Waals surface area (Å²) in [6.07, 6.45) is 0.199. The summed E-state index contributed by atoms with van der Waals surface area (Å²) in [5, 5.41) is 19.2. The summed E-state index contributed by atoms with van der Waals surface area (Å²) in [5.41, 5.74) is 1.25. The molecule has 1 heterocycles. The van der Waals surface area contributed by atoms with Crippen molar-refractivity contribution in [1.82, 2.24) is 4.90 Å². The highest BCUT2D eigenvalue weighted by molar-refractivity contribution is 5.15. The quantitative estimate of drug-likeness (QED) is 0.867. The van der Waals surface area contributed by atoms with Crippen LogP contribution < -0.4 is 0 Å². The molecule has 2 rings (SSSR count). The van der Waals surface area contributed by atoms with E-state index in [0.29, 0.717) is 6.04 Å². The summed E-state index contributed by atoms with van der Waals surface area (Å²) >= 11 is 0. The van der Waals surface area contributed by atoms with E-state index in [1.165, 1.54) is 5.56 Å². The van der Waals surface area contributed by atoms with Crippen molar-refractivity contribution in [2.24, 2.45) is 5.92 Å². The second-order valence-electron chi connectivity index (χ2n) is 5.21. The van der Waals surface area contributed by atoms with Crippen molar-refractivity contribution in [2.75, 3.05) is 0 Å². The van der Waals surface area contributed by atoms with Gasteiger partial charge >= 0.3 is 0 Å². The van der Waals surface area contributed by atoms with Gasteiger partial charge in [0.05, 0.1) is 18.1 Å². The van der Waals surface area contributed by atoms with E-state index < -0.39 is 6.10 Å². The van der Waals surface area contributed by atoms with Gasteiger partial charge in [-0.15, -0.1) is 0 Å². The molecular formula is C15H20N2O. The first kappa shape index (κ1) is 13.1. The molecule has 0 spiro atoms. The van der Waals surface area contributed by atoms with Crippen molar-refractivity contribution in [2.45, 2.75) is 45.0 Å². The Morgan fingerprint density at radius 3 is 2.61 bits per heavy atom. The summed E-state index contributed by atoms with van der Waals surface area (Å²) in [5.74, 6) is -0.234. The standard InChI is InChI=1S/C15H20N2O/c1-11-8-14(9-16)15(18)12(2)17(11)10-13-6-4-3-5-7-13/h3-7,11-12,14-15,18H,8,10H2,1-2H3. The normalized spacial score (nSPS) is 33.0. The highest BCUT2D eigenvalue weighted by Gasteiger charge is 2.37. The maximum absolute atomic E-state index is 10.1. The highest BCUT2D eigenvalue weighted by atomic mass is 16.3. The van der Waals surface area contributed by atoms with Crippen LogP contribution in [0.5, 0.6) is 0 Å². The second kappa shape index (κ2) is 5.51. The molecule has 1 aromatic carbocycles. The average molecular weight is 244 g/mol. The van der Waals surface area contributed by atoms with Crippen molar-refractivity contribution in [3.63, 3.8) is 0 Å². The third-order valence-electron chi connectivity index (χ3n) is 3.96. The van der Waals surface area contributed by atoms with Gasteiger partial charge in [-0.05, 0) is 25.8 Å². The molecule has 4 atom stereocenters. The fraction of sp³-hybridized carbons (Fsp3) is 0.533. The van der Waals surface area contributed by atoms with E-state index in [4.69, 9.17) is 5.26 Å². The van der Waals surface area contributed by atoms with E-state index in [0.717, 1.165) is 13.0 Å². The summed E-state index contributed by atoms with van der Waals surface area (Å²) < 4.78 is 0. The van der Waals surface area contributed by atoms with Crippen LogP contribution in [-0.4, -0.2) is 28.2 Å². The molecule has 1 saturated heterocycles. The van der Waals surface area contributed by atoms with Crippen molar-refractivity contribution in [3.8, 4) is 6.07 Å². The largest absolute Gasteiger partial charge is 0.390 e. The minimum Gasteiger partial charge on any atom is -0.390 e. The smallest absolute Gasteiger partial charge is 0.0851 e. The lowest BCUT2D eigenvalue weighted by Gasteiger charge is -2.44. The van der Waals surface area contributed by atoms with E-state index in [2.05, 4.69) is 30.0 Å². The van der Waals surface area contributed by atoms with E-state index in [-0.39, 0.29) is 12.0 Å². The van der Waals surface area contributed by atoms with Crippen LogP contribution in [0.25, 0.3) is 0 Å². The number of piperidine rings is 1. The molecule has 1 aliphatic heterocycles. The molecular weight excluding hydrogens is 224 g/mol. The van der Waals surface area contributed by atoms with Gasteiger partial charge in [0.25, 0.3) is 0 Å². The second-order valence-corrected chi connectivity index (χ2v) is 5.21. The molecule has 1 aliphatic rings. The van der Waals surface area contributed by atoms with Crippen LogP contribution >= 0.6 is 0 Å². The van der Waals surface area contributed by atoms with E-state index >= 15 is 0 Å². The van der Waals surface area contributed by atoms with Crippen LogP contribution in [0.2, 0.25) is 0 Å². The molecule has 0 bridgehead atoms. The first-order valence-electron chi connectivity index (χ1n) is 6.51. The minimum atomic E-state index is -0.546. The van der Waals surface area contributed by atoms with Gasteiger partial charge in [-0.1, -0.05) is 30.3 Å². The zero-order valence-corrected chi connectivity index (χ0v) is 11.0. The van der Waals surface area contributed by atoms with E-state index in [1.807, 2.05) is 25.1 Å². The van der Waals surface area contributed by atoms with Gasteiger partial charge in [-0.2, -0.15) is 5.26 Å². The Balaban J connectivity index is 2.11. The monoisotopic (exact) mass is 244 g/mol. The fourth-order valence-corrected chi connectivity index (χ4v) is 2.80. The zero-order chi connectivity index (χ0) is 13.1. The number of aliphatic hydroxyl groups is 1. The lowest BCUT2D eigenvalue weighted by molar-refractivity contribution is -0.0358. The molecule has 3 heteroatoms. The molecule has 1 fully saturated rings. The molecule has 0 aromatic heterocycles. The first-order chi connectivity index (χ1) is 8.63. The highest BCUT2D eigenvalue weighted by Crippen LogP contribution is 2.29. The number of hydrogen-bond acceptors (Lipinski definition) is 3. The van der Waals surface area contributed by atoms with Crippen LogP contribution in [0.4, 0.5) is 0 Å². The van der Waals surface area contributed by atoms with Gasteiger partial charge in [-0.3, -0.25) is 4.90 Å². The molecule has 18 heavy (non-hydrogen) atoms. The van der Waals surface area contributed by atoms with Gasteiger partial charge in [0.2, 0.25) is 0 Å². The Bertz CT molecular complexity index is 426. The number of hydrogen-bond donors (Lipinski definition) is 1. The lowest BCUT2D eigenvalue weighted by atomic mass is 9.85. The van der Waals surface area contributed by atoms with Crippen molar-refractivity contribution >= 4 is 0 Å². The van der Waals surface area contributed by atoms with Gasteiger partial charge in [0.1, 0.15) is 0 Å². The predicted molar refractivity (Wildman–Crippen MR) is 70.6 cm³/mol. The lowest BCUT2D eigenvalue weighted by Crippen LogP contribution is -2.54. The minimum absolute atomic E-state index is 0.0265. The Hall–Kier alpha value is -1.37. The topological polar surface area (TPSA) is 47.3 Å². The fourth-order valence-electron chi connectivity index (χ4n) is 2.80. The van der Waals surface area contributed by atoms with Crippen molar-refractivity contribution in [1.29, 1.82) is 5.26 Å². The number of benzene rings is 1. The summed E-state index contributed by atoms with van der Waals surface area (Å²) in [7, 11) is 0. The van der Waals surface area contributed by atoms with Crippen LogP contribution in [-0.2, 0) is 6.54 Å². The molecule has 1 N–H and O–H groups in total. The van der Waals surface area contributed by atoms with Crippen molar-refractivity contribution < 1.29 is 5.11 Å². The van der Waals surface area contributed by atoms with Crippen LogP contribution in [0.3, 0.4) is 0 Å². The van der Waals surface area contributed by atoms with Gasteiger partial charge < -0.3 is 5.11 Å². The maximum atomic E-state index is 10.1. The van der Waals surface area contributed by atoms with Gasteiger partial charge in [0, 0.05) is 18.6 Å². The van der Waals surface area contributed by atoms with Crippen LogP contribution in [0.1, 0.15) is 25.8 Å². The van der Waals surface area contributed by atoms with E-state index in [1.54, 1.807) is 0 Å². The number of nitrogens with zero attached hydrogens (tertiary/aromatic N) is 2. The Morgan fingerprint density at radius 2 is 2.00 bits per heavy atom. The maximum Gasteiger partial charge on any atom is 0.0851 e. The molecule has 1 aromatic rings. The average Bonchev–Trinajstić information content (AvgIpc) is 2.40. The van der Waals surface area contributed by atoms with Gasteiger partial charge in [0.15, 0.2) is 0 Å². The molecule has 0 aliphatic carbocycles. The first-order valence-corrected chi connectivity index (χ1v) is 6.51. The van der Waals surface area contributed by atoms with Gasteiger partial charge in [-0.25, -0.2) is 0 Å². The summed E-state index contributed by atoms with van der Waals surface area (Å²) in [6, 6.07) is 12.8. The molecule has 3 nitrogen and oxygen atoms in total. The zero-order valence-electron chi connectivity index (χ0n) is 11.0. The van der Waals surface area contributed by atoms with E-state index in [9.17, 15) is 5.11 Å². The molecule has 0 amide bonds. The van der Waals surface area contributed by atoms with Crippen molar-refractivity contribution in [3.05, 3.63) is 35.9 Å². The third kappa shape index (κ3) is 2.55. The molecule has 96 valence electrons. The summed E-state index contributed by atoms with van der Waals surface area (Å²) in [4.78, 5) is 2.29. The Labute approximate surface area is 109 Å². The Kier molecular flexibility index (Phi) is 4.00. The van der Waals surface area contributed by atoms with Crippen LogP contribution in [0, 0.1) is 17.2 Å². The molecule has 4 unspecified atom stereocenters. The number of rotatable bonds is 2. The molecule has 0 radical (unpaired) electrons.